The first kappa shape index (κ1) is 7.70. The van der Waals surface area contributed by atoms with Gasteiger partial charge in [0.1, 0.15) is 0 Å². The first-order valence-corrected chi connectivity index (χ1v) is 3.64. The lowest BCUT2D eigenvalue weighted by Crippen LogP contribution is -2.31. The Morgan fingerprint density at radius 3 is 2.77 bits per heavy atom. The predicted octanol–water partition coefficient (Wildman–Crippen LogP) is -0.940. The van der Waals surface area contributed by atoms with E-state index in [1.165, 1.54) is 9.47 Å². The SMILES string of the molecule is CN1[C+]=Nc2c1c(=O)[nH]c(=O)n2C. The number of H-pyrrole nitrogens is 1. The Bertz CT molecular complexity index is 496. The monoisotopic (exact) mass is 179 g/mol. The molecule has 0 radical (unpaired) electrons. The molecule has 0 fully saturated rings. The largest absolute Gasteiger partial charge is 0.350 e. The smallest absolute Gasteiger partial charge is 0.258 e. The van der Waals surface area contributed by atoms with Crippen molar-refractivity contribution in [2.75, 3.05) is 11.9 Å². The van der Waals surface area contributed by atoms with Gasteiger partial charge in [-0.2, -0.15) is 4.90 Å². The lowest BCUT2D eigenvalue weighted by molar-refractivity contribution is 0.807. The second kappa shape index (κ2) is 2.27. The molecule has 2 rings (SSSR count). The zero-order valence-electron chi connectivity index (χ0n) is 7.16. The topological polar surface area (TPSA) is 70.5 Å². The Labute approximate surface area is 73.1 Å². The van der Waals surface area contributed by atoms with Gasteiger partial charge in [-0.1, -0.05) is 0 Å². The van der Waals surface area contributed by atoms with E-state index < -0.39 is 11.2 Å². The van der Waals surface area contributed by atoms with Crippen molar-refractivity contribution in [3.05, 3.63) is 20.8 Å². The number of aromatic nitrogens is 2. The number of hydrogen-bond acceptors (Lipinski definition) is 4. The molecule has 0 aliphatic carbocycles. The summed E-state index contributed by atoms with van der Waals surface area (Å²) in [7, 11) is 3.19. The van der Waals surface area contributed by atoms with E-state index in [2.05, 4.69) is 16.3 Å². The number of rotatable bonds is 0. The summed E-state index contributed by atoms with van der Waals surface area (Å²) in [4.78, 5) is 29.8. The van der Waals surface area contributed by atoms with E-state index in [0.717, 1.165) is 0 Å². The van der Waals surface area contributed by atoms with Crippen molar-refractivity contribution < 1.29 is 0 Å². The standard InChI is InChI=1S/C7H6N4O2/c1-10-3-8-5-4(10)6(12)9-7(13)11(5)2/h1-2H3/p+1. The zero-order valence-corrected chi connectivity index (χ0v) is 7.16. The molecule has 66 valence electrons. The van der Waals surface area contributed by atoms with Gasteiger partial charge in [-0.05, 0) is 4.99 Å². The summed E-state index contributed by atoms with van der Waals surface area (Å²) >= 11 is 0. The maximum absolute atomic E-state index is 11.3. The van der Waals surface area contributed by atoms with Crippen molar-refractivity contribution in [1.82, 2.24) is 9.55 Å². The van der Waals surface area contributed by atoms with E-state index in [1.54, 1.807) is 14.1 Å². The molecule has 0 aromatic carbocycles. The lowest BCUT2D eigenvalue weighted by Gasteiger charge is -1.96. The number of nitrogens with one attached hydrogen (secondary N) is 1. The summed E-state index contributed by atoms with van der Waals surface area (Å²) in [6.45, 7) is 0. The zero-order chi connectivity index (χ0) is 9.59. The Morgan fingerprint density at radius 2 is 2.08 bits per heavy atom. The molecule has 0 saturated carbocycles. The molecule has 6 nitrogen and oxygen atoms in total. The number of nitrogens with zero attached hydrogens (tertiary/aromatic N) is 3. The van der Waals surface area contributed by atoms with Crippen LogP contribution >= 0.6 is 0 Å². The van der Waals surface area contributed by atoms with Gasteiger partial charge >= 0.3 is 22.8 Å². The van der Waals surface area contributed by atoms with Gasteiger partial charge in [0.2, 0.25) is 0 Å². The minimum Gasteiger partial charge on any atom is -0.258 e. The summed E-state index contributed by atoms with van der Waals surface area (Å²) in [5, 5.41) is 0. The van der Waals surface area contributed by atoms with Gasteiger partial charge in [0.05, 0.1) is 7.05 Å². The second-order valence-electron chi connectivity index (χ2n) is 2.76. The van der Waals surface area contributed by atoms with E-state index in [0.29, 0.717) is 11.5 Å². The fourth-order valence-corrected chi connectivity index (χ4v) is 1.20. The van der Waals surface area contributed by atoms with Crippen molar-refractivity contribution in [2.24, 2.45) is 12.0 Å². The van der Waals surface area contributed by atoms with E-state index in [4.69, 9.17) is 0 Å². The van der Waals surface area contributed by atoms with Gasteiger partial charge in [-0.15, -0.1) is 0 Å². The van der Waals surface area contributed by atoms with Gasteiger partial charge in [0.25, 0.3) is 6.34 Å². The second-order valence-corrected chi connectivity index (χ2v) is 2.76. The van der Waals surface area contributed by atoms with Gasteiger partial charge in [-0.3, -0.25) is 4.98 Å². The maximum Gasteiger partial charge on any atom is 0.350 e. The molecule has 0 unspecified atom stereocenters. The predicted molar refractivity (Wildman–Crippen MR) is 47.8 cm³/mol. The van der Waals surface area contributed by atoms with Crippen molar-refractivity contribution >= 4 is 17.8 Å². The molecular formula is C7H7N4O2+. The molecule has 1 aliphatic rings. The average Bonchev–Trinajstić information content (AvgIpc) is 2.44. The van der Waals surface area contributed by atoms with Crippen LogP contribution in [0.2, 0.25) is 0 Å². The van der Waals surface area contributed by atoms with Crippen LogP contribution in [0.25, 0.3) is 0 Å². The van der Waals surface area contributed by atoms with E-state index in [1.807, 2.05) is 0 Å². The minimum absolute atomic E-state index is 0.344. The Balaban J connectivity index is 2.91. The van der Waals surface area contributed by atoms with Crippen LogP contribution in [0.1, 0.15) is 0 Å². The van der Waals surface area contributed by atoms with Crippen molar-refractivity contribution in [3.63, 3.8) is 0 Å². The quantitative estimate of drug-likeness (QED) is 0.522. The van der Waals surface area contributed by atoms with Crippen molar-refractivity contribution in [1.29, 1.82) is 0 Å². The van der Waals surface area contributed by atoms with Crippen LogP contribution in [0.15, 0.2) is 14.6 Å². The number of hydrogen-bond donors (Lipinski definition) is 1. The minimum atomic E-state index is -0.468. The first-order valence-electron chi connectivity index (χ1n) is 3.64. The van der Waals surface area contributed by atoms with Crippen LogP contribution in [-0.2, 0) is 7.05 Å². The van der Waals surface area contributed by atoms with Crippen LogP contribution < -0.4 is 16.1 Å². The van der Waals surface area contributed by atoms with Gasteiger partial charge in [0.15, 0.2) is 0 Å². The summed E-state index contributed by atoms with van der Waals surface area (Å²) < 4.78 is 1.27. The van der Waals surface area contributed by atoms with Crippen LogP contribution in [0.3, 0.4) is 0 Å². The number of aromatic amines is 1. The van der Waals surface area contributed by atoms with Crippen molar-refractivity contribution in [3.8, 4) is 0 Å². The van der Waals surface area contributed by atoms with Gasteiger partial charge < -0.3 is 0 Å². The molecule has 13 heavy (non-hydrogen) atoms. The Hall–Kier alpha value is -1.94. The fourth-order valence-electron chi connectivity index (χ4n) is 1.20. The van der Waals surface area contributed by atoms with E-state index in [-0.39, 0.29) is 0 Å². The molecule has 0 spiro atoms. The van der Waals surface area contributed by atoms with Crippen LogP contribution in [0.4, 0.5) is 11.5 Å². The summed E-state index contributed by atoms with van der Waals surface area (Å²) in [6, 6.07) is 0. The molecule has 0 bridgehead atoms. The molecule has 0 atom stereocenters. The third-order valence-electron chi connectivity index (χ3n) is 1.91. The van der Waals surface area contributed by atoms with Crippen molar-refractivity contribution in [2.45, 2.75) is 0 Å². The Kier molecular flexibility index (Phi) is 1.35. The highest BCUT2D eigenvalue weighted by Gasteiger charge is 2.32. The number of anilines is 1. The molecule has 1 aromatic rings. The summed E-state index contributed by atoms with van der Waals surface area (Å²) in [6.07, 6.45) is 2.57. The summed E-state index contributed by atoms with van der Waals surface area (Å²) in [5.41, 5.74) is -0.555. The first-order chi connectivity index (χ1) is 6.11. The van der Waals surface area contributed by atoms with Crippen LogP contribution in [0.5, 0.6) is 0 Å². The van der Waals surface area contributed by atoms with Crippen LogP contribution in [0, 0.1) is 0 Å². The van der Waals surface area contributed by atoms with Gasteiger partial charge in [0, 0.05) is 7.05 Å². The molecule has 1 aliphatic heterocycles. The highest BCUT2D eigenvalue weighted by atomic mass is 16.2. The molecule has 1 N–H and O–H groups in total. The average molecular weight is 179 g/mol. The maximum atomic E-state index is 11.3. The third-order valence-corrected chi connectivity index (χ3v) is 1.91. The molecule has 1 aromatic heterocycles. The molecule has 6 heteroatoms. The normalized spacial score (nSPS) is 12.9. The molecule has 2 heterocycles. The lowest BCUT2D eigenvalue weighted by atomic mass is 10.4. The Morgan fingerprint density at radius 1 is 1.38 bits per heavy atom. The number of fused-ring (bicyclic) bond motifs is 1. The molecular weight excluding hydrogens is 172 g/mol. The van der Waals surface area contributed by atoms with E-state index >= 15 is 0 Å². The van der Waals surface area contributed by atoms with Gasteiger partial charge in [-0.25, -0.2) is 14.2 Å². The summed E-state index contributed by atoms with van der Waals surface area (Å²) in [5.74, 6) is 0.344. The fraction of sp³-hybridized carbons (Fsp3) is 0.286. The molecule has 0 saturated heterocycles. The highest BCUT2D eigenvalue weighted by molar-refractivity contribution is 5.90. The number of aliphatic imine (C=N–C) groups is 1. The molecule has 0 amide bonds. The van der Waals surface area contributed by atoms with E-state index in [9.17, 15) is 9.59 Å². The van der Waals surface area contributed by atoms with Crippen LogP contribution in [-0.4, -0.2) is 22.9 Å². The highest BCUT2D eigenvalue weighted by Crippen LogP contribution is 2.24. The third kappa shape index (κ3) is 0.893.